The molecule has 4 rings (SSSR count). The smallest absolute Gasteiger partial charge is 0.229 e. The number of benzene rings is 2. The van der Waals surface area contributed by atoms with Crippen LogP contribution in [0.4, 0.5) is 10.1 Å². The Bertz CT molecular complexity index is 1240. The Morgan fingerprint density at radius 1 is 1.20 bits per heavy atom. The SMILES string of the molecule is CCC(=C1C2=CC=CNC2=COc2cc(F)ccc21)c1cccc(NS(C)(=O)=O)c1. The lowest BCUT2D eigenvalue weighted by atomic mass is 9.86. The number of rotatable bonds is 4. The van der Waals surface area contributed by atoms with Crippen LogP contribution < -0.4 is 14.8 Å². The minimum absolute atomic E-state index is 0.381. The van der Waals surface area contributed by atoms with E-state index in [9.17, 15) is 12.8 Å². The van der Waals surface area contributed by atoms with Crippen LogP contribution in [0.5, 0.6) is 5.75 Å². The zero-order valence-corrected chi connectivity index (χ0v) is 17.4. The first-order chi connectivity index (χ1) is 14.4. The number of fused-ring (bicyclic) bond motifs is 2. The third kappa shape index (κ3) is 4.02. The fraction of sp³-hybridized carbons (Fsp3) is 0.130. The van der Waals surface area contributed by atoms with Crippen molar-refractivity contribution in [2.24, 2.45) is 0 Å². The van der Waals surface area contributed by atoms with Gasteiger partial charge in [-0.1, -0.05) is 25.1 Å². The van der Waals surface area contributed by atoms with Crippen molar-refractivity contribution >= 4 is 26.9 Å². The Kier molecular flexibility index (Phi) is 5.22. The predicted molar refractivity (Wildman–Crippen MR) is 117 cm³/mol. The van der Waals surface area contributed by atoms with Crippen LogP contribution in [0.15, 0.2) is 78.3 Å². The second-order valence-electron chi connectivity index (χ2n) is 7.04. The number of hydrogen-bond acceptors (Lipinski definition) is 4. The molecule has 0 atom stereocenters. The maximum atomic E-state index is 13.9. The van der Waals surface area contributed by atoms with Gasteiger partial charge in [-0.2, -0.15) is 0 Å². The van der Waals surface area contributed by atoms with Crippen LogP contribution in [0.25, 0.3) is 11.1 Å². The van der Waals surface area contributed by atoms with Crippen molar-refractivity contribution < 1.29 is 17.5 Å². The van der Waals surface area contributed by atoms with E-state index >= 15 is 0 Å². The Hall–Kier alpha value is -3.32. The van der Waals surface area contributed by atoms with Gasteiger partial charge in [0.05, 0.1) is 12.0 Å². The summed E-state index contributed by atoms with van der Waals surface area (Å²) in [4.78, 5) is 0. The molecule has 2 aromatic carbocycles. The van der Waals surface area contributed by atoms with Crippen molar-refractivity contribution in [3.05, 3.63) is 95.3 Å². The molecule has 2 aliphatic rings. The Morgan fingerprint density at radius 3 is 2.80 bits per heavy atom. The van der Waals surface area contributed by atoms with E-state index in [1.165, 1.54) is 12.1 Å². The molecule has 0 unspecified atom stereocenters. The molecule has 0 radical (unpaired) electrons. The summed E-state index contributed by atoms with van der Waals surface area (Å²) in [6.45, 7) is 2.03. The highest BCUT2D eigenvalue weighted by atomic mass is 32.2. The molecule has 30 heavy (non-hydrogen) atoms. The van der Waals surface area contributed by atoms with Gasteiger partial charge in [0.25, 0.3) is 0 Å². The molecule has 2 heterocycles. The van der Waals surface area contributed by atoms with E-state index in [4.69, 9.17) is 4.74 Å². The van der Waals surface area contributed by atoms with Gasteiger partial charge in [0.15, 0.2) is 0 Å². The number of allylic oxidation sites excluding steroid dienone is 4. The lowest BCUT2D eigenvalue weighted by Crippen LogP contribution is -2.12. The van der Waals surface area contributed by atoms with Crippen LogP contribution in [0, 0.1) is 5.82 Å². The van der Waals surface area contributed by atoms with Crippen molar-refractivity contribution in [1.29, 1.82) is 0 Å². The Balaban J connectivity index is 1.97. The second kappa shape index (κ2) is 7.84. The van der Waals surface area contributed by atoms with Gasteiger partial charge in [-0.15, -0.1) is 0 Å². The average Bonchev–Trinajstić information content (AvgIpc) is 2.85. The molecule has 0 amide bonds. The van der Waals surface area contributed by atoms with E-state index in [-0.39, 0.29) is 5.82 Å². The van der Waals surface area contributed by atoms with Crippen LogP contribution in [0.2, 0.25) is 0 Å². The maximum Gasteiger partial charge on any atom is 0.229 e. The molecule has 5 nitrogen and oxygen atoms in total. The highest BCUT2D eigenvalue weighted by molar-refractivity contribution is 7.92. The highest BCUT2D eigenvalue weighted by Crippen LogP contribution is 2.43. The zero-order chi connectivity index (χ0) is 21.3. The standard InChI is InChI=1S/C23H21FN2O3S/c1-3-18(15-6-4-7-17(12-15)26-30(2,27)28)23-19-8-5-11-25-21(19)14-29-22-13-16(24)9-10-20(22)23/h4-14,25-26H,3H2,1-2H3. The van der Waals surface area contributed by atoms with Gasteiger partial charge in [0.1, 0.15) is 17.8 Å². The van der Waals surface area contributed by atoms with Gasteiger partial charge in [0.2, 0.25) is 10.0 Å². The van der Waals surface area contributed by atoms with Crippen LogP contribution in [0.3, 0.4) is 0 Å². The van der Waals surface area contributed by atoms with E-state index in [0.29, 0.717) is 17.9 Å². The van der Waals surface area contributed by atoms with E-state index < -0.39 is 10.0 Å². The maximum absolute atomic E-state index is 13.9. The van der Waals surface area contributed by atoms with Crippen molar-refractivity contribution in [3.8, 4) is 5.75 Å². The molecule has 0 saturated carbocycles. The van der Waals surface area contributed by atoms with E-state index in [2.05, 4.69) is 10.0 Å². The summed E-state index contributed by atoms with van der Waals surface area (Å²) in [6.07, 6.45) is 9.05. The first-order valence-electron chi connectivity index (χ1n) is 9.48. The zero-order valence-electron chi connectivity index (χ0n) is 16.6. The molecular weight excluding hydrogens is 403 g/mol. The highest BCUT2D eigenvalue weighted by Gasteiger charge is 2.25. The predicted octanol–water partition coefficient (Wildman–Crippen LogP) is 4.80. The molecule has 154 valence electrons. The number of halogens is 1. The average molecular weight is 424 g/mol. The quantitative estimate of drug-likeness (QED) is 0.740. The summed E-state index contributed by atoms with van der Waals surface area (Å²) in [5.41, 5.74) is 5.70. The monoisotopic (exact) mass is 424 g/mol. The normalized spacial score (nSPS) is 16.8. The molecule has 0 saturated heterocycles. The van der Waals surface area contributed by atoms with Crippen molar-refractivity contribution in [1.82, 2.24) is 5.32 Å². The third-order valence-corrected chi connectivity index (χ3v) is 5.45. The number of nitrogens with one attached hydrogen (secondary N) is 2. The van der Waals surface area contributed by atoms with Gasteiger partial charge < -0.3 is 10.1 Å². The fourth-order valence-corrected chi connectivity index (χ4v) is 4.22. The number of anilines is 1. The number of hydrogen-bond donors (Lipinski definition) is 2. The largest absolute Gasteiger partial charge is 0.462 e. The Morgan fingerprint density at radius 2 is 2.03 bits per heavy atom. The first-order valence-corrected chi connectivity index (χ1v) is 11.4. The molecule has 2 aliphatic heterocycles. The van der Waals surface area contributed by atoms with Gasteiger partial charge in [-0.05, 0) is 53.5 Å². The summed E-state index contributed by atoms with van der Waals surface area (Å²) >= 11 is 0. The van der Waals surface area contributed by atoms with E-state index in [1.54, 1.807) is 30.7 Å². The minimum Gasteiger partial charge on any atom is -0.462 e. The lowest BCUT2D eigenvalue weighted by Gasteiger charge is -2.21. The summed E-state index contributed by atoms with van der Waals surface area (Å²) in [5, 5.41) is 3.18. The van der Waals surface area contributed by atoms with Crippen molar-refractivity contribution in [2.45, 2.75) is 13.3 Å². The number of ether oxygens (including phenoxy) is 1. The molecule has 2 aromatic rings. The molecule has 0 bridgehead atoms. The van der Waals surface area contributed by atoms with Crippen molar-refractivity contribution in [3.63, 3.8) is 0 Å². The third-order valence-electron chi connectivity index (χ3n) is 4.84. The number of dihydropyridines is 1. The van der Waals surface area contributed by atoms with Crippen LogP contribution in [-0.4, -0.2) is 14.7 Å². The van der Waals surface area contributed by atoms with Crippen molar-refractivity contribution in [2.75, 3.05) is 11.0 Å². The van der Waals surface area contributed by atoms with E-state index in [1.807, 2.05) is 31.2 Å². The first kappa shape index (κ1) is 20.0. The minimum atomic E-state index is -3.40. The Labute approximate surface area is 175 Å². The summed E-state index contributed by atoms with van der Waals surface area (Å²) in [6, 6.07) is 11.7. The van der Waals surface area contributed by atoms with Crippen LogP contribution >= 0.6 is 0 Å². The molecule has 0 aliphatic carbocycles. The summed E-state index contributed by atoms with van der Waals surface area (Å²) in [7, 11) is -3.40. The lowest BCUT2D eigenvalue weighted by molar-refractivity contribution is 0.469. The molecule has 7 heteroatoms. The molecule has 2 N–H and O–H groups in total. The van der Waals surface area contributed by atoms with E-state index in [0.717, 1.165) is 39.8 Å². The second-order valence-corrected chi connectivity index (χ2v) is 8.78. The van der Waals surface area contributed by atoms with Crippen LogP contribution in [0.1, 0.15) is 24.5 Å². The topological polar surface area (TPSA) is 67.4 Å². The van der Waals surface area contributed by atoms with Gasteiger partial charge in [-0.3, -0.25) is 4.72 Å². The molecule has 0 fully saturated rings. The van der Waals surface area contributed by atoms with Crippen LogP contribution in [-0.2, 0) is 10.0 Å². The molecule has 0 aromatic heterocycles. The fourth-order valence-electron chi connectivity index (χ4n) is 3.67. The van der Waals surface area contributed by atoms with Gasteiger partial charge >= 0.3 is 0 Å². The van der Waals surface area contributed by atoms with Gasteiger partial charge in [-0.25, -0.2) is 12.8 Å². The van der Waals surface area contributed by atoms with Gasteiger partial charge in [0, 0.05) is 29.1 Å². The molecule has 0 spiro atoms. The number of sulfonamides is 1. The summed E-state index contributed by atoms with van der Waals surface area (Å²) in [5.74, 6) is 0.0415. The summed E-state index contributed by atoms with van der Waals surface area (Å²) < 4.78 is 45.6. The molecular formula is C23H21FN2O3S.